The van der Waals surface area contributed by atoms with Crippen molar-refractivity contribution in [3.8, 4) is 5.75 Å². The van der Waals surface area contributed by atoms with Crippen molar-refractivity contribution in [1.82, 2.24) is 14.8 Å². The number of thioether (sulfide) groups is 1. The summed E-state index contributed by atoms with van der Waals surface area (Å²) < 4.78 is 34.4. The van der Waals surface area contributed by atoms with Crippen LogP contribution in [0.3, 0.4) is 0 Å². The summed E-state index contributed by atoms with van der Waals surface area (Å²) in [5, 5.41) is 12.1. The largest absolute Gasteiger partial charge is 0.481 e. The average Bonchev–Trinajstić information content (AvgIpc) is 3.13. The van der Waals surface area contributed by atoms with Gasteiger partial charge >= 0.3 is 0 Å². The van der Waals surface area contributed by atoms with Gasteiger partial charge in [-0.05, 0) is 44.2 Å². The summed E-state index contributed by atoms with van der Waals surface area (Å²) in [4.78, 5) is 12.2. The Morgan fingerprint density at radius 2 is 2.00 bits per heavy atom. The molecule has 164 valence electrons. The fourth-order valence-corrected chi connectivity index (χ4v) is 3.99. The van der Waals surface area contributed by atoms with Crippen molar-refractivity contribution < 1.29 is 18.3 Å². The van der Waals surface area contributed by atoms with Crippen molar-refractivity contribution in [2.24, 2.45) is 0 Å². The van der Waals surface area contributed by atoms with Gasteiger partial charge in [-0.2, -0.15) is 0 Å². The molecule has 1 aromatic heterocycles. The number of hydrogen-bond donors (Lipinski definition) is 1. The van der Waals surface area contributed by atoms with Crippen LogP contribution in [0.25, 0.3) is 0 Å². The summed E-state index contributed by atoms with van der Waals surface area (Å²) in [5.41, 5.74) is -0.0912. The predicted octanol–water partition coefficient (Wildman–Crippen LogP) is 5.75. The minimum atomic E-state index is -0.843. The molecule has 2 aromatic carbocycles. The Hall–Kier alpha value is -2.36. The lowest BCUT2D eigenvalue weighted by atomic mass is 10.3. The summed E-state index contributed by atoms with van der Waals surface area (Å²) in [6, 6.07) is 7.86. The highest BCUT2D eigenvalue weighted by atomic mass is 35.5. The number of benzene rings is 2. The molecule has 31 heavy (non-hydrogen) atoms. The van der Waals surface area contributed by atoms with Crippen molar-refractivity contribution >= 4 is 46.6 Å². The minimum absolute atomic E-state index is 0.0345. The lowest BCUT2D eigenvalue weighted by Gasteiger charge is -2.16. The van der Waals surface area contributed by atoms with Gasteiger partial charge in [0.25, 0.3) is 0 Å². The Kier molecular flexibility index (Phi) is 7.74. The van der Waals surface area contributed by atoms with Gasteiger partial charge in [0.15, 0.2) is 17.1 Å². The summed E-state index contributed by atoms with van der Waals surface area (Å²) in [7, 11) is 0. The van der Waals surface area contributed by atoms with E-state index >= 15 is 0 Å². The van der Waals surface area contributed by atoms with E-state index in [1.54, 1.807) is 25.1 Å². The first-order valence-corrected chi connectivity index (χ1v) is 10.9. The number of nitrogens with zero attached hydrogens (tertiary/aromatic N) is 3. The molecule has 1 heterocycles. The Balaban J connectivity index is 1.65. The van der Waals surface area contributed by atoms with Crippen LogP contribution in [-0.4, -0.2) is 26.4 Å². The van der Waals surface area contributed by atoms with Crippen LogP contribution in [0, 0.1) is 11.6 Å². The lowest BCUT2D eigenvalue weighted by molar-refractivity contribution is -0.113. The van der Waals surface area contributed by atoms with Gasteiger partial charge in [0.2, 0.25) is 5.91 Å². The molecule has 0 aliphatic rings. The van der Waals surface area contributed by atoms with E-state index in [4.69, 9.17) is 27.9 Å². The number of nitrogens with one attached hydrogen (secondary N) is 1. The third-order valence-corrected chi connectivity index (χ3v) is 5.66. The van der Waals surface area contributed by atoms with E-state index in [1.807, 2.05) is 11.5 Å². The molecule has 0 radical (unpaired) electrons. The molecule has 3 aromatic rings. The number of amides is 1. The van der Waals surface area contributed by atoms with Crippen molar-refractivity contribution in [3.05, 3.63) is 63.9 Å². The molecule has 1 atom stereocenters. The van der Waals surface area contributed by atoms with Gasteiger partial charge in [-0.1, -0.05) is 35.0 Å². The van der Waals surface area contributed by atoms with E-state index in [2.05, 4.69) is 15.5 Å². The fraction of sp³-hybridized carbons (Fsp3) is 0.250. The summed E-state index contributed by atoms with van der Waals surface area (Å²) in [6.07, 6.45) is -0.470. The Labute approximate surface area is 191 Å². The molecule has 0 aliphatic carbocycles. The molecule has 11 heteroatoms. The summed E-state index contributed by atoms with van der Waals surface area (Å²) in [5.74, 6) is -1.04. The van der Waals surface area contributed by atoms with E-state index in [-0.39, 0.29) is 11.4 Å². The number of carbonyl (C=O) groups is 1. The smallest absolute Gasteiger partial charge is 0.234 e. The molecule has 0 saturated carbocycles. The van der Waals surface area contributed by atoms with Crippen LogP contribution < -0.4 is 10.1 Å². The number of halogens is 4. The Morgan fingerprint density at radius 3 is 2.68 bits per heavy atom. The van der Waals surface area contributed by atoms with E-state index < -0.39 is 23.6 Å². The second-order valence-electron chi connectivity index (χ2n) is 6.38. The number of rotatable bonds is 8. The average molecular weight is 487 g/mol. The lowest BCUT2D eigenvalue weighted by Crippen LogP contribution is -2.16. The molecule has 6 nitrogen and oxygen atoms in total. The predicted molar refractivity (Wildman–Crippen MR) is 117 cm³/mol. The van der Waals surface area contributed by atoms with E-state index in [0.29, 0.717) is 39.4 Å². The van der Waals surface area contributed by atoms with Crippen molar-refractivity contribution in [1.29, 1.82) is 0 Å². The van der Waals surface area contributed by atoms with E-state index in [9.17, 15) is 13.6 Å². The molecular weight excluding hydrogens is 469 g/mol. The monoisotopic (exact) mass is 486 g/mol. The van der Waals surface area contributed by atoms with Gasteiger partial charge < -0.3 is 14.6 Å². The number of aromatic nitrogens is 3. The number of carbonyl (C=O) groups excluding carboxylic acids is 1. The maximum Gasteiger partial charge on any atom is 0.234 e. The van der Waals surface area contributed by atoms with Gasteiger partial charge in [0.05, 0.1) is 16.5 Å². The second-order valence-corrected chi connectivity index (χ2v) is 8.17. The van der Waals surface area contributed by atoms with Gasteiger partial charge in [-0.3, -0.25) is 4.79 Å². The highest BCUT2D eigenvalue weighted by Gasteiger charge is 2.20. The maximum absolute atomic E-state index is 13.7. The van der Waals surface area contributed by atoms with Crippen LogP contribution >= 0.6 is 35.0 Å². The van der Waals surface area contributed by atoms with Crippen LogP contribution in [0.4, 0.5) is 14.5 Å². The van der Waals surface area contributed by atoms with Crippen molar-refractivity contribution in [2.45, 2.75) is 31.7 Å². The van der Waals surface area contributed by atoms with Gasteiger partial charge in [0.1, 0.15) is 17.4 Å². The number of ether oxygens (including phenoxy) is 1. The van der Waals surface area contributed by atoms with Crippen LogP contribution in [0.15, 0.2) is 41.6 Å². The van der Waals surface area contributed by atoms with Gasteiger partial charge in [-0.15, -0.1) is 10.2 Å². The zero-order valence-electron chi connectivity index (χ0n) is 16.5. The van der Waals surface area contributed by atoms with Gasteiger partial charge in [-0.25, -0.2) is 8.78 Å². The third-order valence-electron chi connectivity index (χ3n) is 4.16. The van der Waals surface area contributed by atoms with Crippen LogP contribution in [-0.2, 0) is 11.3 Å². The first-order valence-electron chi connectivity index (χ1n) is 9.21. The second kappa shape index (κ2) is 10.3. The molecule has 0 aliphatic heterocycles. The van der Waals surface area contributed by atoms with E-state index in [0.717, 1.165) is 17.8 Å². The number of anilines is 1. The van der Waals surface area contributed by atoms with Crippen LogP contribution in [0.1, 0.15) is 25.8 Å². The Bertz CT molecular complexity index is 1100. The molecule has 0 fully saturated rings. The zero-order valence-corrected chi connectivity index (χ0v) is 18.9. The molecule has 0 spiro atoms. The summed E-state index contributed by atoms with van der Waals surface area (Å²) >= 11 is 13.2. The first-order chi connectivity index (χ1) is 14.8. The van der Waals surface area contributed by atoms with Crippen molar-refractivity contribution in [2.75, 3.05) is 11.1 Å². The highest BCUT2D eigenvalue weighted by molar-refractivity contribution is 7.99. The molecular formula is C20H18Cl2F2N4O2S. The maximum atomic E-state index is 13.7. The molecule has 1 unspecified atom stereocenters. The zero-order chi connectivity index (χ0) is 22.5. The van der Waals surface area contributed by atoms with Crippen molar-refractivity contribution in [3.63, 3.8) is 0 Å². The van der Waals surface area contributed by atoms with Gasteiger partial charge in [0, 0.05) is 17.6 Å². The first kappa shape index (κ1) is 23.3. The number of hydrogen-bond acceptors (Lipinski definition) is 5. The molecule has 0 saturated heterocycles. The van der Waals surface area contributed by atoms with Crippen LogP contribution in [0.2, 0.25) is 10.0 Å². The quantitative estimate of drug-likeness (QED) is 0.410. The topological polar surface area (TPSA) is 69.0 Å². The van der Waals surface area contributed by atoms with E-state index in [1.165, 1.54) is 6.07 Å². The molecule has 3 rings (SSSR count). The summed E-state index contributed by atoms with van der Waals surface area (Å²) in [6.45, 7) is 4.26. The normalized spacial score (nSPS) is 11.9. The molecule has 0 bridgehead atoms. The third kappa shape index (κ3) is 5.87. The minimum Gasteiger partial charge on any atom is -0.481 e. The molecule has 1 N–H and O–H groups in total. The SMILES string of the molecule is CCn1c(SCC(=O)Nc2ccc(F)cc2F)nnc1C(C)Oc1ccc(Cl)cc1Cl. The Morgan fingerprint density at radius 1 is 1.23 bits per heavy atom. The highest BCUT2D eigenvalue weighted by Crippen LogP contribution is 2.31. The molecule has 1 amide bonds. The van der Waals surface area contributed by atoms with Crippen LogP contribution in [0.5, 0.6) is 5.75 Å². The fourth-order valence-electron chi connectivity index (χ4n) is 2.73. The standard InChI is InChI=1S/C20H18Cl2F2N4O2S/c1-3-28-19(11(2)30-17-7-4-12(21)8-14(17)22)26-27-20(28)31-10-18(29)25-16-6-5-13(23)9-15(16)24/h4-9,11H,3,10H2,1-2H3,(H,25,29).